The summed E-state index contributed by atoms with van der Waals surface area (Å²) >= 11 is 0. The molecule has 1 aliphatic rings. The molecule has 4 rings (SSSR count). The van der Waals surface area contributed by atoms with Crippen molar-refractivity contribution in [2.24, 2.45) is 0 Å². The summed E-state index contributed by atoms with van der Waals surface area (Å²) in [5.41, 5.74) is 2.31. The number of fused-ring (bicyclic) bond motifs is 1. The lowest BCUT2D eigenvalue weighted by Gasteiger charge is -2.33. The van der Waals surface area contributed by atoms with Crippen molar-refractivity contribution in [2.45, 2.75) is 6.04 Å². The molecule has 1 unspecified atom stereocenters. The Morgan fingerprint density at radius 3 is 2.83 bits per heavy atom. The second kappa shape index (κ2) is 6.10. The fourth-order valence-electron chi connectivity index (χ4n) is 3.29. The summed E-state index contributed by atoms with van der Waals surface area (Å²) in [6, 6.07) is 10.2. The molecule has 5 nitrogen and oxygen atoms in total. The molecular weight excluding hydrogens is 292 g/mol. The molecule has 5 heteroatoms. The van der Waals surface area contributed by atoms with Gasteiger partial charge in [0, 0.05) is 35.8 Å². The van der Waals surface area contributed by atoms with Crippen LogP contribution in [0.25, 0.3) is 10.9 Å². The van der Waals surface area contributed by atoms with Crippen LogP contribution in [0.3, 0.4) is 0 Å². The van der Waals surface area contributed by atoms with E-state index in [0.717, 1.165) is 48.7 Å². The molecule has 0 radical (unpaired) electrons. The summed E-state index contributed by atoms with van der Waals surface area (Å²) in [6.07, 6.45) is 3.81. The number of hydrogen-bond donors (Lipinski definition) is 1. The molecule has 3 aromatic rings. The van der Waals surface area contributed by atoms with E-state index in [0.29, 0.717) is 0 Å². The Bertz CT molecular complexity index is 773. The molecule has 1 atom stereocenters. The van der Waals surface area contributed by atoms with Gasteiger partial charge in [0.05, 0.1) is 32.6 Å². The fourth-order valence-corrected chi connectivity index (χ4v) is 3.29. The lowest BCUT2D eigenvalue weighted by Crippen LogP contribution is -2.39. The van der Waals surface area contributed by atoms with Gasteiger partial charge in [-0.2, -0.15) is 0 Å². The standard InChI is InChI=1S/C18H20N2O3/c1-21-13-4-5-16-14(11-13)15(12-19-16)18(17-3-2-8-23-17)20-6-9-22-10-7-20/h2-5,8,11-12,18-19H,6-7,9-10H2,1H3. The summed E-state index contributed by atoms with van der Waals surface area (Å²) < 4.78 is 16.7. The minimum atomic E-state index is 0.0785. The second-order valence-electron chi connectivity index (χ2n) is 5.72. The Kier molecular flexibility index (Phi) is 3.81. The van der Waals surface area contributed by atoms with Crippen molar-refractivity contribution in [3.8, 4) is 5.75 Å². The number of furan rings is 1. The largest absolute Gasteiger partial charge is 0.497 e. The number of benzene rings is 1. The van der Waals surface area contributed by atoms with Crippen molar-refractivity contribution < 1.29 is 13.9 Å². The zero-order valence-corrected chi connectivity index (χ0v) is 13.1. The molecule has 1 fully saturated rings. The Morgan fingerprint density at radius 2 is 2.09 bits per heavy atom. The minimum Gasteiger partial charge on any atom is -0.497 e. The normalized spacial score (nSPS) is 17.4. The molecule has 120 valence electrons. The average molecular weight is 312 g/mol. The number of morpholine rings is 1. The first-order valence-electron chi connectivity index (χ1n) is 7.87. The van der Waals surface area contributed by atoms with Gasteiger partial charge in [-0.3, -0.25) is 4.90 Å². The number of methoxy groups -OCH3 is 1. The van der Waals surface area contributed by atoms with Gasteiger partial charge in [-0.15, -0.1) is 0 Å². The highest BCUT2D eigenvalue weighted by Crippen LogP contribution is 2.35. The van der Waals surface area contributed by atoms with E-state index < -0.39 is 0 Å². The first kappa shape index (κ1) is 14.4. The zero-order valence-electron chi connectivity index (χ0n) is 13.1. The maximum Gasteiger partial charge on any atom is 0.125 e. The molecule has 23 heavy (non-hydrogen) atoms. The van der Waals surface area contributed by atoms with E-state index in [1.807, 2.05) is 18.2 Å². The number of nitrogens with one attached hydrogen (secondary N) is 1. The van der Waals surface area contributed by atoms with Crippen LogP contribution in [-0.4, -0.2) is 43.3 Å². The predicted molar refractivity (Wildman–Crippen MR) is 87.8 cm³/mol. The number of H-pyrrole nitrogens is 1. The molecule has 0 saturated carbocycles. The molecule has 1 saturated heterocycles. The number of aromatic amines is 1. The van der Waals surface area contributed by atoms with Crippen LogP contribution in [0.15, 0.2) is 47.2 Å². The van der Waals surface area contributed by atoms with Crippen molar-refractivity contribution in [3.05, 3.63) is 54.1 Å². The van der Waals surface area contributed by atoms with Crippen LogP contribution in [-0.2, 0) is 4.74 Å². The van der Waals surface area contributed by atoms with Gasteiger partial charge in [0.2, 0.25) is 0 Å². The Balaban J connectivity index is 1.82. The monoisotopic (exact) mass is 312 g/mol. The zero-order chi connectivity index (χ0) is 15.6. The van der Waals surface area contributed by atoms with Crippen molar-refractivity contribution in [1.82, 2.24) is 9.88 Å². The van der Waals surface area contributed by atoms with E-state index in [2.05, 4.69) is 28.2 Å². The Morgan fingerprint density at radius 1 is 1.22 bits per heavy atom. The Hall–Kier alpha value is -2.24. The van der Waals surface area contributed by atoms with E-state index in [9.17, 15) is 0 Å². The van der Waals surface area contributed by atoms with Crippen LogP contribution < -0.4 is 4.74 Å². The van der Waals surface area contributed by atoms with Gasteiger partial charge in [-0.25, -0.2) is 0 Å². The molecule has 0 amide bonds. The third-order valence-corrected chi connectivity index (χ3v) is 4.44. The molecule has 0 aliphatic carbocycles. The van der Waals surface area contributed by atoms with Gasteiger partial charge in [0.25, 0.3) is 0 Å². The van der Waals surface area contributed by atoms with Gasteiger partial charge in [0.15, 0.2) is 0 Å². The SMILES string of the molecule is COc1ccc2[nH]cc(C(c3ccco3)N3CCOCC3)c2c1. The van der Waals surface area contributed by atoms with E-state index in [-0.39, 0.29) is 6.04 Å². The van der Waals surface area contributed by atoms with Crippen LogP contribution in [0.2, 0.25) is 0 Å². The molecule has 3 heterocycles. The van der Waals surface area contributed by atoms with Gasteiger partial charge in [-0.1, -0.05) is 0 Å². The van der Waals surface area contributed by atoms with Crippen LogP contribution in [0, 0.1) is 0 Å². The maximum atomic E-state index is 5.75. The summed E-state index contributed by atoms with van der Waals surface area (Å²) in [5, 5.41) is 1.16. The van der Waals surface area contributed by atoms with Crippen LogP contribution in [0.4, 0.5) is 0 Å². The number of aromatic nitrogens is 1. The first-order chi connectivity index (χ1) is 11.4. The lowest BCUT2D eigenvalue weighted by molar-refractivity contribution is 0.0204. The number of nitrogens with zero attached hydrogens (tertiary/aromatic N) is 1. The maximum absolute atomic E-state index is 5.75. The molecule has 0 bridgehead atoms. The third kappa shape index (κ3) is 2.62. The predicted octanol–water partition coefficient (Wildman–Crippen LogP) is 3.19. The van der Waals surface area contributed by atoms with E-state index in [4.69, 9.17) is 13.9 Å². The highest BCUT2D eigenvalue weighted by Gasteiger charge is 2.28. The van der Waals surface area contributed by atoms with E-state index in [1.165, 1.54) is 5.56 Å². The topological polar surface area (TPSA) is 50.6 Å². The molecule has 1 aromatic carbocycles. The molecule has 2 aromatic heterocycles. The van der Waals surface area contributed by atoms with Crippen molar-refractivity contribution in [1.29, 1.82) is 0 Å². The number of hydrogen-bond acceptors (Lipinski definition) is 4. The summed E-state index contributed by atoms with van der Waals surface area (Å²) in [5.74, 6) is 1.81. The number of rotatable bonds is 4. The summed E-state index contributed by atoms with van der Waals surface area (Å²) in [7, 11) is 1.69. The molecule has 1 N–H and O–H groups in total. The smallest absolute Gasteiger partial charge is 0.125 e. The van der Waals surface area contributed by atoms with Gasteiger partial charge < -0.3 is 18.9 Å². The van der Waals surface area contributed by atoms with E-state index >= 15 is 0 Å². The van der Waals surface area contributed by atoms with Gasteiger partial charge in [0.1, 0.15) is 11.5 Å². The first-order valence-corrected chi connectivity index (χ1v) is 7.87. The molecular formula is C18H20N2O3. The van der Waals surface area contributed by atoms with E-state index in [1.54, 1.807) is 13.4 Å². The third-order valence-electron chi connectivity index (χ3n) is 4.44. The van der Waals surface area contributed by atoms with Crippen LogP contribution >= 0.6 is 0 Å². The Labute approximate surface area is 134 Å². The lowest BCUT2D eigenvalue weighted by atomic mass is 10.0. The van der Waals surface area contributed by atoms with Gasteiger partial charge in [-0.05, 0) is 30.3 Å². The van der Waals surface area contributed by atoms with Gasteiger partial charge >= 0.3 is 0 Å². The number of ether oxygens (including phenoxy) is 2. The van der Waals surface area contributed by atoms with Crippen LogP contribution in [0.5, 0.6) is 5.75 Å². The highest BCUT2D eigenvalue weighted by molar-refractivity contribution is 5.85. The van der Waals surface area contributed by atoms with Crippen molar-refractivity contribution in [2.75, 3.05) is 33.4 Å². The fraction of sp³-hybridized carbons (Fsp3) is 0.333. The average Bonchev–Trinajstić information content (AvgIpc) is 3.26. The minimum absolute atomic E-state index is 0.0785. The molecule has 0 spiro atoms. The second-order valence-corrected chi connectivity index (χ2v) is 5.72. The van der Waals surface area contributed by atoms with Crippen molar-refractivity contribution >= 4 is 10.9 Å². The van der Waals surface area contributed by atoms with Crippen molar-refractivity contribution in [3.63, 3.8) is 0 Å². The summed E-state index contributed by atoms with van der Waals surface area (Å²) in [4.78, 5) is 5.77. The quantitative estimate of drug-likeness (QED) is 0.804. The molecule has 1 aliphatic heterocycles. The summed E-state index contributed by atoms with van der Waals surface area (Å²) in [6.45, 7) is 3.29. The highest BCUT2D eigenvalue weighted by atomic mass is 16.5. The van der Waals surface area contributed by atoms with Crippen LogP contribution in [0.1, 0.15) is 17.4 Å².